The van der Waals surface area contributed by atoms with Crippen LogP contribution in [0.3, 0.4) is 0 Å². The molecule has 15 heteroatoms. The number of halogens is 6. The normalized spacial score (nSPS) is 18.7. The van der Waals surface area contributed by atoms with Crippen LogP contribution in [0.25, 0.3) is 0 Å². The van der Waals surface area contributed by atoms with Gasteiger partial charge in [0.25, 0.3) is 0 Å². The number of hydrogen-bond acceptors (Lipinski definition) is 4. The summed E-state index contributed by atoms with van der Waals surface area (Å²) in [6, 6.07) is 0. The monoisotopic (exact) mass is 1060 g/mol. The van der Waals surface area contributed by atoms with E-state index in [2.05, 4.69) is 110 Å². The van der Waals surface area contributed by atoms with Gasteiger partial charge in [-0.25, -0.2) is 0 Å². The van der Waals surface area contributed by atoms with Gasteiger partial charge in [-0.2, -0.15) is 0 Å². The van der Waals surface area contributed by atoms with E-state index in [1.165, 1.54) is 76.5 Å². The van der Waals surface area contributed by atoms with Crippen LogP contribution < -0.4 is 74.4 Å². The molecule has 8 rings (SSSR count). The molecule has 0 atom stereocenters. The number of fused-ring (bicyclic) bond motifs is 4. The molecule has 8 aliphatic rings. The smallest absolute Gasteiger partial charge is 1.00 e. The Balaban J connectivity index is -0.000000768. The van der Waals surface area contributed by atoms with Crippen molar-refractivity contribution >= 4 is 41.0 Å². The summed E-state index contributed by atoms with van der Waals surface area (Å²) < 4.78 is 0. The third-order valence-electron chi connectivity index (χ3n) is 9.52. The Kier molecular flexibility index (Phi) is 23.0. The molecule has 4 heterocycles. The molecule has 0 amide bonds. The van der Waals surface area contributed by atoms with E-state index >= 15 is 0 Å². The van der Waals surface area contributed by atoms with Crippen LogP contribution in [-0.4, -0.2) is 41.0 Å². The van der Waals surface area contributed by atoms with Gasteiger partial charge in [-0.05, 0) is 96.1 Å². The van der Waals surface area contributed by atoms with Crippen LogP contribution in [0.1, 0.15) is 27.7 Å². The standard InChI is InChI=1S/2C18H18N2Si.6ClH.3Zr/c1-11-5-13-7-19-9-15(13)17(11)21(3,4)18-12(2)6-14-8-20-10-16(14)18;1-11-9-15-13(5-7-19-15)17(11)21(3,4)18-12(2)10-16-14(18)6-8-20-16;;;;;;;;;/h2*5-10H,1-4H3;6*1H;;;/q;;;;;;;;3*+4/p-6. The van der Waals surface area contributed by atoms with E-state index in [0.717, 1.165) is 11.4 Å². The molecule has 4 nitrogen and oxygen atoms in total. The molecule has 0 aromatic heterocycles. The van der Waals surface area contributed by atoms with Crippen molar-refractivity contribution in [1.29, 1.82) is 0 Å². The average Bonchev–Trinajstić information content (AvgIpc) is 3.70. The first-order chi connectivity index (χ1) is 20.0. The third-order valence-corrected chi connectivity index (χ3v) is 17.2. The van der Waals surface area contributed by atoms with E-state index in [1.807, 2.05) is 37.3 Å². The van der Waals surface area contributed by atoms with E-state index in [0.29, 0.717) is 0 Å². The fourth-order valence-electron chi connectivity index (χ4n) is 8.25. The zero-order chi connectivity index (χ0) is 29.6. The van der Waals surface area contributed by atoms with Crippen LogP contribution >= 0.6 is 0 Å². The molecule has 0 fully saturated rings. The van der Waals surface area contributed by atoms with Crippen LogP contribution in [0.4, 0.5) is 0 Å². The van der Waals surface area contributed by atoms with Crippen molar-refractivity contribution in [3.8, 4) is 0 Å². The molecule has 0 saturated heterocycles. The van der Waals surface area contributed by atoms with Gasteiger partial charge in [-0.3, -0.25) is 20.0 Å². The SMILES string of the molecule is CC1=C([Si](C)(C)C2=C(C)C=C3C=NC=C32)C2=CN=CC2=C1.CC1=C([Si](C)(C)C2=C(C)C=C3N=CC=C32)C2=CC=NC2=C1.[Cl-].[Cl-].[Cl-].[Cl-].[Cl-].[Cl-].[Zr+4].[Zr+4].[Zr+4]. The van der Waals surface area contributed by atoms with Crippen LogP contribution in [-0.2, 0) is 78.6 Å². The van der Waals surface area contributed by atoms with E-state index < -0.39 is 16.1 Å². The molecule has 256 valence electrons. The van der Waals surface area contributed by atoms with Gasteiger partial charge in [0.1, 0.15) is 16.1 Å². The summed E-state index contributed by atoms with van der Waals surface area (Å²) in [6.45, 7) is 18.8. The van der Waals surface area contributed by atoms with Crippen LogP contribution in [0, 0.1) is 0 Å². The molecule has 0 aromatic rings. The Morgan fingerprint density at radius 2 is 0.725 bits per heavy atom. The molecule has 0 saturated carbocycles. The molecule has 0 unspecified atom stereocenters. The maximum atomic E-state index is 4.48. The zero-order valence-electron chi connectivity index (χ0n) is 29.5. The summed E-state index contributed by atoms with van der Waals surface area (Å²) in [5.41, 5.74) is 15.8. The Bertz CT molecular complexity index is 1690. The van der Waals surface area contributed by atoms with Gasteiger partial charge >= 0.3 is 78.6 Å². The second-order valence-corrected chi connectivity index (χ2v) is 21.6. The number of allylic oxidation sites excluding steroid dienone is 18. The zero-order valence-corrected chi connectivity index (χ0v) is 43.4. The fourth-order valence-corrected chi connectivity index (χ4v) is 16.5. The predicted octanol–water partition coefficient (Wildman–Crippen LogP) is -9.54. The average molecular weight is 1070 g/mol. The number of aliphatic imine (C=N–C) groups is 4. The molecule has 4 aliphatic heterocycles. The van der Waals surface area contributed by atoms with Crippen molar-refractivity contribution in [2.75, 3.05) is 0 Å². The van der Waals surface area contributed by atoms with Gasteiger partial charge in [-0.1, -0.05) is 37.3 Å². The molecule has 51 heavy (non-hydrogen) atoms. The summed E-state index contributed by atoms with van der Waals surface area (Å²) in [7, 11) is -3.55. The van der Waals surface area contributed by atoms with Crippen molar-refractivity contribution in [3.63, 3.8) is 0 Å². The van der Waals surface area contributed by atoms with Gasteiger partial charge in [0, 0.05) is 70.7 Å². The maximum Gasteiger partial charge on any atom is 4.00 e. The van der Waals surface area contributed by atoms with E-state index in [9.17, 15) is 0 Å². The molecular formula is C36H36Cl6N4Si2Zr3+6. The van der Waals surface area contributed by atoms with E-state index in [1.54, 1.807) is 0 Å². The van der Waals surface area contributed by atoms with Crippen molar-refractivity contribution in [1.82, 2.24) is 0 Å². The number of hydrogen-bond donors (Lipinski definition) is 0. The summed E-state index contributed by atoms with van der Waals surface area (Å²) in [5.74, 6) is 0. The van der Waals surface area contributed by atoms with Crippen LogP contribution in [0.15, 0.2) is 157 Å². The molecule has 0 radical (unpaired) electrons. The first-order valence-electron chi connectivity index (χ1n) is 14.7. The predicted molar refractivity (Wildman–Crippen MR) is 184 cm³/mol. The Hall–Kier alpha value is 0.383. The summed E-state index contributed by atoms with van der Waals surface area (Å²) in [5, 5.41) is 6.14. The number of rotatable bonds is 4. The van der Waals surface area contributed by atoms with Gasteiger partial charge in [0.2, 0.25) is 0 Å². The first-order valence-corrected chi connectivity index (χ1v) is 20.7. The summed E-state index contributed by atoms with van der Waals surface area (Å²) in [4.78, 5) is 17.6. The molecule has 0 N–H and O–H groups in total. The third kappa shape index (κ3) is 9.34. The molecular weight excluding hydrogens is 1030 g/mol. The maximum absolute atomic E-state index is 4.48. The van der Waals surface area contributed by atoms with Gasteiger partial charge < -0.3 is 74.4 Å². The van der Waals surface area contributed by atoms with Crippen LogP contribution in [0.5, 0.6) is 0 Å². The second-order valence-electron chi connectivity index (χ2n) is 13.1. The van der Waals surface area contributed by atoms with Crippen LogP contribution in [0.2, 0.25) is 26.2 Å². The number of nitrogens with zero attached hydrogens (tertiary/aromatic N) is 4. The largest absolute Gasteiger partial charge is 4.00 e. The molecule has 0 aromatic carbocycles. The minimum Gasteiger partial charge on any atom is -1.00 e. The fraction of sp³-hybridized carbons (Fsp3) is 0.222. The van der Waals surface area contributed by atoms with Crippen molar-refractivity contribution in [2.45, 2.75) is 53.9 Å². The quantitative estimate of drug-likeness (QED) is 0.252. The van der Waals surface area contributed by atoms with Gasteiger partial charge in [-0.15, -0.1) is 0 Å². The van der Waals surface area contributed by atoms with Crippen molar-refractivity contribution in [3.05, 3.63) is 137 Å². The minimum atomic E-state index is -1.78. The van der Waals surface area contributed by atoms with E-state index in [-0.39, 0.29) is 153 Å². The topological polar surface area (TPSA) is 49.4 Å². The molecule has 4 aliphatic carbocycles. The minimum absolute atomic E-state index is 0. The Labute approximate surface area is 399 Å². The molecule has 0 spiro atoms. The van der Waals surface area contributed by atoms with E-state index in [4.69, 9.17) is 0 Å². The first kappa shape index (κ1) is 55.7. The van der Waals surface area contributed by atoms with Crippen molar-refractivity contribution < 1.29 is 153 Å². The summed E-state index contributed by atoms with van der Waals surface area (Å²) >= 11 is 0. The van der Waals surface area contributed by atoms with Gasteiger partial charge in [0.05, 0.1) is 11.4 Å². The Morgan fingerprint density at radius 3 is 1.06 bits per heavy atom. The van der Waals surface area contributed by atoms with Crippen molar-refractivity contribution in [2.24, 2.45) is 20.0 Å². The van der Waals surface area contributed by atoms with Gasteiger partial charge in [0.15, 0.2) is 0 Å². The molecule has 0 bridgehead atoms. The Morgan fingerprint density at radius 1 is 0.431 bits per heavy atom. The second kappa shape index (κ2) is 21.1. The summed E-state index contributed by atoms with van der Waals surface area (Å²) in [6.07, 6.45) is 25.3.